The van der Waals surface area contributed by atoms with E-state index < -0.39 is 22.8 Å². The minimum atomic E-state index is -0.858. The number of hydrogen-bond acceptors (Lipinski definition) is 4. The molecule has 0 aliphatic heterocycles. The van der Waals surface area contributed by atoms with E-state index in [-0.39, 0.29) is 16.9 Å². The third kappa shape index (κ3) is 2.88. The monoisotopic (exact) mass is 304 g/mol. The molecule has 0 saturated heterocycles. The van der Waals surface area contributed by atoms with Crippen molar-refractivity contribution in [2.75, 3.05) is 0 Å². The first-order valence-electron chi connectivity index (χ1n) is 6.29. The minimum Gasteiger partial charge on any atom is -0.508 e. The quantitative estimate of drug-likeness (QED) is 0.672. The molecule has 0 unspecified atom stereocenters. The van der Waals surface area contributed by atoms with Crippen LogP contribution < -0.4 is 11.2 Å². The van der Waals surface area contributed by atoms with E-state index in [1.807, 2.05) is 0 Å². The summed E-state index contributed by atoms with van der Waals surface area (Å²) in [5, 5.41) is 9.10. The SMILES string of the molecule is Cn1cc(/C=C/C(=O)c2ccc(O)cc2F)c(=O)n(C)c1=O. The summed E-state index contributed by atoms with van der Waals surface area (Å²) in [4.78, 5) is 35.3. The van der Waals surface area contributed by atoms with Crippen LogP contribution >= 0.6 is 0 Å². The van der Waals surface area contributed by atoms with Gasteiger partial charge in [-0.25, -0.2) is 9.18 Å². The van der Waals surface area contributed by atoms with Gasteiger partial charge in [0, 0.05) is 26.4 Å². The Morgan fingerprint density at radius 1 is 1.27 bits per heavy atom. The molecule has 0 atom stereocenters. The van der Waals surface area contributed by atoms with Crippen molar-refractivity contribution in [2.45, 2.75) is 0 Å². The molecule has 2 aromatic rings. The summed E-state index contributed by atoms with van der Waals surface area (Å²) in [6, 6.07) is 3.16. The molecule has 0 saturated carbocycles. The van der Waals surface area contributed by atoms with E-state index in [9.17, 15) is 18.8 Å². The lowest BCUT2D eigenvalue weighted by Crippen LogP contribution is -2.37. The fourth-order valence-corrected chi connectivity index (χ4v) is 1.91. The first kappa shape index (κ1) is 15.4. The fraction of sp³-hybridized carbons (Fsp3) is 0.133. The van der Waals surface area contributed by atoms with Crippen molar-refractivity contribution < 1.29 is 14.3 Å². The second-order valence-corrected chi connectivity index (χ2v) is 4.70. The van der Waals surface area contributed by atoms with Gasteiger partial charge in [-0.2, -0.15) is 0 Å². The summed E-state index contributed by atoms with van der Waals surface area (Å²) in [6.07, 6.45) is 3.55. The Kier molecular flexibility index (Phi) is 4.07. The van der Waals surface area contributed by atoms with Gasteiger partial charge in [-0.1, -0.05) is 0 Å². The molecular weight excluding hydrogens is 291 g/mol. The number of carbonyl (C=O) groups excluding carboxylic acids is 1. The third-order valence-corrected chi connectivity index (χ3v) is 3.11. The number of carbonyl (C=O) groups is 1. The van der Waals surface area contributed by atoms with E-state index in [1.165, 1.54) is 37.0 Å². The van der Waals surface area contributed by atoms with E-state index >= 15 is 0 Å². The highest BCUT2D eigenvalue weighted by molar-refractivity contribution is 6.07. The molecule has 1 N–H and O–H groups in total. The van der Waals surface area contributed by atoms with Crippen molar-refractivity contribution in [1.82, 2.24) is 9.13 Å². The number of halogens is 1. The van der Waals surface area contributed by atoms with Crippen LogP contribution in [0, 0.1) is 5.82 Å². The summed E-state index contributed by atoms with van der Waals surface area (Å²) in [5.41, 5.74) is -1.15. The Labute approximate surface area is 124 Å². The summed E-state index contributed by atoms with van der Waals surface area (Å²) < 4.78 is 15.7. The van der Waals surface area contributed by atoms with Crippen LogP contribution in [0.25, 0.3) is 6.08 Å². The number of aromatic nitrogens is 2. The number of phenolic OH excluding ortho intramolecular Hbond substituents is 1. The van der Waals surface area contributed by atoms with Crippen molar-refractivity contribution >= 4 is 11.9 Å². The molecular formula is C15H13FN2O4. The average molecular weight is 304 g/mol. The van der Waals surface area contributed by atoms with Gasteiger partial charge in [-0.3, -0.25) is 14.2 Å². The number of nitrogens with zero attached hydrogens (tertiary/aromatic N) is 2. The minimum absolute atomic E-state index is 0.122. The molecule has 0 amide bonds. The van der Waals surface area contributed by atoms with E-state index in [0.717, 1.165) is 22.8 Å². The highest BCUT2D eigenvalue weighted by Crippen LogP contribution is 2.16. The normalized spacial score (nSPS) is 11.0. The molecule has 1 aromatic heterocycles. The molecule has 6 nitrogen and oxygen atoms in total. The number of benzene rings is 1. The topological polar surface area (TPSA) is 81.3 Å². The Bertz CT molecular complexity index is 893. The maximum absolute atomic E-state index is 13.6. The Morgan fingerprint density at radius 2 is 1.95 bits per heavy atom. The number of hydrogen-bond donors (Lipinski definition) is 1. The largest absolute Gasteiger partial charge is 0.508 e. The second-order valence-electron chi connectivity index (χ2n) is 4.70. The smallest absolute Gasteiger partial charge is 0.330 e. The van der Waals surface area contributed by atoms with Crippen LogP contribution in [0.15, 0.2) is 40.1 Å². The third-order valence-electron chi connectivity index (χ3n) is 3.11. The molecule has 1 heterocycles. The van der Waals surface area contributed by atoms with Gasteiger partial charge in [0.25, 0.3) is 5.56 Å². The van der Waals surface area contributed by atoms with Crippen LogP contribution in [0.1, 0.15) is 15.9 Å². The second kappa shape index (κ2) is 5.80. The average Bonchev–Trinajstić information content (AvgIpc) is 2.47. The number of ketones is 1. The van der Waals surface area contributed by atoms with E-state index in [1.54, 1.807) is 0 Å². The Balaban J connectivity index is 2.39. The zero-order valence-corrected chi connectivity index (χ0v) is 11.9. The van der Waals surface area contributed by atoms with Gasteiger partial charge in [-0.05, 0) is 24.3 Å². The number of phenols is 1. The number of aromatic hydroxyl groups is 1. The predicted molar refractivity (Wildman–Crippen MR) is 78.4 cm³/mol. The van der Waals surface area contributed by atoms with Crippen LogP contribution in [0.3, 0.4) is 0 Å². The van der Waals surface area contributed by atoms with Crippen molar-refractivity contribution in [3.8, 4) is 5.75 Å². The summed E-state index contributed by atoms with van der Waals surface area (Å²) >= 11 is 0. The zero-order chi connectivity index (χ0) is 16.4. The molecule has 7 heteroatoms. The number of allylic oxidation sites excluding steroid dienone is 1. The van der Waals surface area contributed by atoms with Crippen molar-refractivity contribution in [3.05, 3.63) is 68.3 Å². The standard InChI is InChI=1S/C15H13FN2O4/c1-17-8-9(14(21)18(2)15(17)22)3-6-13(20)11-5-4-10(19)7-12(11)16/h3-8,19H,1-2H3/b6-3+. The van der Waals surface area contributed by atoms with Crippen LogP contribution in [0.2, 0.25) is 0 Å². The van der Waals surface area contributed by atoms with Gasteiger partial charge in [-0.15, -0.1) is 0 Å². The molecule has 0 bridgehead atoms. The number of aryl methyl sites for hydroxylation is 1. The van der Waals surface area contributed by atoms with Gasteiger partial charge >= 0.3 is 5.69 Å². The van der Waals surface area contributed by atoms with Crippen molar-refractivity contribution in [2.24, 2.45) is 14.1 Å². The van der Waals surface area contributed by atoms with Gasteiger partial charge in [0.1, 0.15) is 11.6 Å². The lowest BCUT2D eigenvalue weighted by molar-refractivity contribution is 0.104. The highest BCUT2D eigenvalue weighted by atomic mass is 19.1. The van der Waals surface area contributed by atoms with Crippen LogP contribution in [0.5, 0.6) is 5.75 Å². The Morgan fingerprint density at radius 3 is 2.59 bits per heavy atom. The summed E-state index contributed by atoms with van der Waals surface area (Å²) in [6.45, 7) is 0. The molecule has 0 aliphatic carbocycles. The lowest BCUT2D eigenvalue weighted by Gasteiger charge is -2.03. The van der Waals surface area contributed by atoms with E-state index in [2.05, 4.69) is 0 Å². The summed E-state index contributed by atoms with van der Waals surface area (Å²) in [5.74, 6) is -1.80. The fourth-order valence-electron chi connectivity index (χ4n) is 1.91. The van der Waals surface area contributed by atoms with E-state index in [4.69, 9.17) is 5.11 Å². The highest BCUT2D eigenvalue weighted by Gasteiger charge is 2.10. The first-order chi connectivity index (χ1) is 10.3. The van der Waals surface area contributed by atoms with Crippen molar-refractivity contribution in [1.29, 1.82) is 0 Å². The van der Waals surface area contributed by atoms with Crippen LogP contribution in [-0.4, -0.2) is 20.0 Å². The molecule has 0 spiro atoms. The molecule has 22 heavy (non-hydrogen) atoms. The zero-order valence-electron chi connectivity index (χ0n) is 11.9. The molecule has 2 rings (SSSR count). The molecule has 114 valence electrons. The van der Waals surface area contributed by atoms with Gasteiger partial charge in [0.2, 0.25) is 0 Å². The molecule has 0 aliphatic rings. The maximum Gasteiger partial charge on any atom is 0.330 e. The van der Waals surface area contributed by atoms with Crippen LogP contribution in [-0.2, 0) is 14.1 Å². The summed E-state index contributed by atoms with van der Waals surface area (Å²) in [7, 11) is 2.80. The predicted octanol–water partition coefficient (Wildman–Crippen LogP) is 0.825. The first-order valence-corrected chi connectivity index (χ1v) is 6.29. The molecule has 1 aromatic carbocycles. The van der Waals surface area contributed by atoms with E-state index in [0.29, 0.717) is 0 Å². The Hall–Kier alpha value is -2.96. The van der Waals surface area contributed by atoms with Gasteiger partial charge < -0.3 is 9.67 Å². The van der Waals surface area contributed by atoms with Crippen molar-refractivity contribution in [3.63, 3.8) is 0 Å². The maximum atomic E-state index is 13.6. The van der Waals surface area contributed by atoms with Crippen LogP contribution in [0.4, 0.5) is 4.39 Å². The van der Waals surface area contributed by atoms with Gasteiger partial charge in [0.05, 0.1) is 11.1 Å². The lowest BCUT2D eigenvalue weighted by atomic mass is 10.1. The molecule has 0 fully saturated rings. The number of rotatable bonds is 3. The molecule has 0 radical (unpaired) electrons. The van der Waals surface area contributed by atoms with Gasteiger partial charge in [0.15, 0.2) is 5.78 Å².